The molecule has 6 heteroatoms. The Morgan fingerprint density at radius 3 is 2.69 bits per heavy atom. The second-order valence-electron chi connectivity index (χ2n) is 7.60. The summed E-state index contributed by atoms with van der Waals surface area (Å²) in [6, 6.07) is 15.8. The number of β-amino-alcohol motifs (C(OH)–C–C–N with tert-alkyl or cyclic N) is 1. The Bertz CT molecular complexity index is 1060. The number of aliphatic hydroxyl groups excluding tert-OH is 1. The molecule has 29 heavy (non-hydrogen) atoms. The van der Waals surface area contributed by atoms with E-state index in [0.29, 0.717) is 18.7 Å². The van der Waals surface area contributed by atoms with E-state index in [2.05, 4.69) is 22.3 Å². The summed E-state index contributed by atoms with van der Waals surface area (Å²) < 4.78 is 6.98. The van der Waals surface area contributed by atoms with Gasteiger partial charge in [0, 0.05) is 49.0 Å². The van der Waals surface area contributed by atoms with E-state index in [4.69, 9.17) is 4.74 Å². The summed E-state index contributed by atoms with van der Waals surface area (Å²) in [5.41, 5.74) is 3.65. The minimum Gasteiger partial charge on any atom is -0.497 e. The van der Waals surface area contributed by atoms with Crippen LogP contribution in [0.2, 0.25) is 0 Å². The zero-order valence-electron chi connectivity index (χ0n) is 16.9. The molecule has 1 aliphatic heterocycles. The topological polar surface area (TPSA) is 66.7 Å². The first-order chi connectivity index (χ1) is 14.0. The van der Waals surface area contributed by atoms with Crippen LogP contribution in [0.3, 0.4) is 0 Å². The van der Waals surface area contributed by atoms with Crippen molar-refractivity contribution in [3.8, 4) is 5.75 Å². The van der Waals surface area contributed by atoms with Gasteiger partial charge in [0.1, 0.15) is 5.75 Å². The van der Waals surface area contributed by atoms with Crippen LogP contribution in [0.25, 0.3) is 10.9 Å². The van der Waals surface area contributed by atoms with Crippen molar-refractivity contribution in [2.24, 2.45) is 7.05 Å². The van der Waals surface area contributed by atoms with E-state index in [-0.39, 0.29) is 11.7 Å². The van der Waals surface area contributed by atoms with Crippen LogP contribution in [0, 0.1) is 0 Å². The summed E-state index contributed by atoms with van der Waals surface area (Å²) in [6.45, 7) is 2.10. The largest absolute Gasteiger partial charge is 0.497 e. The summed E-state index contributed by atoms with van der Waals surface area (Å²) in [5, 5.41) is 14.2. The van der Waals surface area contributed by atoms with Gasteiger partial charge in [-0.15, -0.1) is 0 Å². The Hall–Kier alpha value is -2.99. The lowest BCUT2D eigenvalue weighted by atomic mass is 10.1. The fraction of sp³-hybridized carbons (Fsp3) is 0.348. The number of aryl methyl sites for hydroxylation is 1. The molecule has 0 bridgehead atoms. The molecule has 0 aliphatic carbocycles. The highest BCUT2D eigenvalue weighted by Gasteiger charge is 2.17. The molecular formula is C23H27N3O3. The summed E-state index contributed by atoms with van der Waals surface area (Å²) in [6.07, 6.45) is 1.64. The number of hydrogen-bond donors (Lipinski definition) is 2. The molecule has 1 aliphatic rings. The lowest BCUT2D eigenvalue weighted by molar-refractivity contribution is 0.154. The lowest BCUT2D eigenvalue weighted by Gasteiger charge is -2.32. The van der Waals surface area contributed by atoms with E-state index in [1.165, 1.54) is 0 Å². The first-order valence-electron chi connectivity index (χ1n) is 9.99. The van der Waals surface area contributed by atoms with Crippen LogP contribution in [0.15, 0.2) is 53.3 Å². The molecule has 4 rings (SSSR count). The summed E-state index contributed by atoms with van der Waals surface area (Å²) in [7, 11) is 3.43. The molecule has 2 heterocycles. The van der Waals surface area contributed by atoms with E-state index in [9.17, 15) is 9.90 Å². The summed E-state index contributed by atoms with van der Waals surface area (Å²) in [5.74, 6) is 0.772. The number of aromatic nitrogens is 1. The van der Waals surface area contributed by atoms with Gasteiger partial charge in [-0.1, -0.05) is 0 Å². The van der Waals surface area contributed by atoms with Gasteiger partial charge in [0.25, 0.3) is 5.56 Å². The quantitative estimate of drug-likeness (QED) is 0.697. The first-order valence-corrected chi connectivity index (χ1v) is 9.99. The van der Waals surface area contributed by atoms with Crippen LogP contribution < -0.4 is 20.5 Å². The lowest BCUT2D eigenvalue weighted by Crippen LogP contribution is -2.38. The van der Waals surface area contributed by atoms with Gasteiger partial charge in [0.2, 0.25) is 0 Å². The zero-order chi connectivity index (χ0) is 20.4. The number of fused-ring (bicyclic) bond motifs is 1. The summed E-state index contributed by atoms with van der Waals surface area (Å²) >= 11 is 0. The highest BCUT2D eigenvalue weighted by atomic mass is 16.5. The van der Waals surface area contributed by atoms with Crippen molar-refractivity contribution in [2.75, 3.05) is 30.4 Å². The van der Waals surface area contributed by atoms with Crippen LogP contribution in [-0.4, -0.2) is 36.0 Å². The van der Waals surface area contributed by atoms with Crippen LogP contribution in [0.1, 0.15) is 18.4 Å². The average Bonchev–Trinajstić information content (AvgIpc) is 2.75. The van der Waals surface area contributed by atoms with Crippen molar-refractivity contribution < 1.29 is 9.84 Å². The highest BCUT2D eigenvalue weighted by Crippen LogP contribution is 2.23. The summed E-state index contributed by atoms with van der Waals surface area (Å²) in [4.78, 5) is 14.9. The Labute approximate surface area is 170 Å². The van der Waals surface area contributed by atoms with Crippen LogP contribution in [-0.2, 0) is 13.6 Å². The molecule has 0 radical (unpaired) electrons. The standard InChI is InChI=1S/C23H27N3O3/c1-25-22-10-9-21(29-2)13-16(22)12-17(23(25)28)14-24-18-5-7-19(8-6-18)26-11-3-4-20(27)15-26/h5-10,12-13,20,24,27H,3-4,11,14-15H2,1-2H3/t20-/m0/s1. The van der Waals surface area contributed by atoms with Crippen molar-refractivity contribution in [3.05, 3.63) is 64.4 Å². The third-order valence-electron chi connectivity index (χ3n) is 5.62. The number of methoxy groups -OCH3 is 1. The van der Waals surface area contributed by atoms with Crippen LogP contribution in [0.4, 0.5) is 11.4 Å². The second-order valence-corrected chi connectivity index (χ2v) is 7.60. The molecular weight excluding hydrogens is 366 g/mol. The van der Waals surface area contributed by atoms with Gasteiger partial charge >= 0.3 is 0 Å². The Morgan fingerprint density at radius 1 is 1.17 bits per heavy atom. The van der Waals surface area contributed by atoms with Crippen molar-refractivity contribution in [2.45, 2.75) is 25.5 Å². The van der Waals surface area contributed by atoms with Gasteiger partial charge in [-0.3, -0.25) is 4.79 Å². The third-order valence-corrected chi connectivity index (χ3v) is 5.62. The predicted octanol–water partition coefficient (Wildman–Crippen LogP) is 3.12. The molecule has 0 unspecified atom stereocenters. The first kappa shape index (κ1) is 19.3. The molecule has 0 saturated carbocycles. The molecule has 0 amide bonds. The van der Waals surface area contributed by atoms with Crippen molar-refractivity contribution in [1.82, 2.24) is 4.57 Å². The minimum absolute atomic E-state index is 0.00547. The number of hydrogen-bond acceptors (Lipinski definition) is 5. The highest BCUT2D eigenvalue weighted by molar-refractivity contribution is 5.81. The van der Waals surface area contributed by atoms with Crippen LogP contribution in [0.5, 0.6) is 5.75 Å². The predicted molar refractivity (Wildman–Crippen MR) is 117 cm³/mol. The molecule has 0 spiro atoms. The number of ether oxygens (including phenoxy) is 1. The van der Waals surface area contributed by atoms with Crippen LogP contribution >= 0.6 is 0 Å². The molecule has 1 aromatic heterocycles. The Kier molecular flexibility index (Phi) is 5.45. The molecule has 2 N–H and O–H groups in total. The SMILES string of the molecule is COc1ccc2c(c1)cc(CNc1ccc(N3CCC[C@H](O)C3)cc1)c(=O)n2C. The third kappa shape index (κ3) is 4.07. The molecule has 1 fully saturated rings. The number of piperidine rings is 1. The molecule has 6 nitrogen and oxygen atoms in total. The molecule has 152 valence electrons. The number of aliphatic hydroxyl groups is 1. The number of benzene rings is 2. The average molecular weight is 393 g/mol. The fourth-order valence-corrected chi connectivity index (χ4v) is 3.96. The smallest absolute Gasteiger partial charge is 0.255 e. The van der Waals surface area contributed by atoms with E-state index in [0.717, 1.165) is 47.4 Å². The number of pyridine rings is 1. The molecule has 1 atom stereocenters. The molecule has 2 aromatic carbocycles. The maximum absolute atomic E-state index is 12.7. The number of nitrogens with one attached hydrogen (secondary N) is 1. The number of rotatable bonds is 5. The normalized spacial score (nSPS) is 16.8. The zero-order valence-corrected chi connectivity index (χ0v) is 16.9. The maximum atomic E-state index is 12.7. The van der Waals surface area contributed by atoms with E-state index in [1.54, 1.807) is 18.7 Å². The maximum Gasteiger partial charge on any atom is 0.255 e. The fourth-order valence-electron chi connectivity index (χ4n) is 3.96. The second kappa shape index (κ2) is 8.17. The molecule has 1 saturated heterocycles. The van der Waals surface area contributed by atoms with Gasteiger partial charge < -0.3 is 24.6 Å². The van der Waals surface area contributed by atoms with Gasteiger partial charge in [-0.05, 0) is 61.4 Å². The Balaban J connectivity index is 1.50. The van der Waals surface area contributed by atoms with Crippen molar-refractivity contribution in [1.29, 1.82) is 0 Å². The van der Waals surface area contributed by atoms with E-state index >= 15 is 0 Å². The minimum atomic E-state index is -0.246. The van der Waals surface area contributed by atoms with Crippen molar-refractivity contribution in [3.63, 3.8) is 0 Å². The number of nitrogens with zero attached hydrogens (tertiary/aromatic N) is 2. The van der Waals surface area contributed by atoms with E-state index < -0.39 is 0 Å². The van der Waals surface area contributed by atoms with Gasteiger partial charge in [0.15, 0.2) is 0 Å². The van der Waals surface area contributed by atoms with Crippen molar-refractivity contribution >= 4 is 22.3 Å². The Morgan fingerprint density at radius 2 is 1.97 bits per heavy atom. The van der Waals surface area contributed by atoms with Gasteiger partial charge in [-0.2, -0.15) is 0 Å². The van der Waals surface area contributed by atoms with Gasteiger partial charge in [0.05, 0.1) is 18.7 Å². The molecule has 3 aromatic rings. The monoisotopic (exact) mass is 393 g/mol. The van der Waals surface area contributed by atoms with E-state index in [1.807, 2.05) is 36.4 Å². The number of anilines is 2. The van der Waals surface area contributed by atoms with Gasteiger partial charge in [-0.25, -0.2) is 0 Å².